The second-order valence-corrected chi connectivity index (χ2v) is 4.08. The summed E-state index contributed by atoms with van der Waals surface area (Å²) in [5.41, 5.74) is 0.340. The third kappa shape index (κ3) is 3.61. The first-order chi connectivity index (χ1) is 7.79. The van der Waals surface area contributed by atoms with E-state index in [2.05, 4.69) is 9.98 Å². The molecule has 0 saturated heterocycles. The number of rotatable bonds is 6. The van der Waals surface area contributed by atoms with E-state index in [1.165, 1.54) is 6.08 Å². The number of ketones is 1. The number of thioether (sulfide) groups is 1. The summed E-state index contributed by atoms with van der Waals surface area (Å²) < 4.78 is 0. The van der Waals surface area contributed by atoms with Gasteiger partial charge in [-0.2, -0.15) is 16.8 Å². The summed E-state index contributed by atoms with van der Waals surface area (Å²) in [5.74, 6) is 0.548. The molecular weight excluding hydrogens is 224 g/mol. The Morgan fingerprint density at radius 1 is 1.62 bits per heavy atom. The van der Waals surface area contributed by atoms with Crippen LogP contribution >= 0.6 is 11.8 Å². The molecule has 1 rings (SSSR count). The molecule has 0 saturated carbocycles. The second kappa shape index (κ2) is 6.93. The summed E-state index contributed by atoms with van der Waals surface area (Å²) in [6, 6.07) is 4.43. The molecule has 0 amide bonds. The van der Waals surface area contributed by atoms with Crippen molar-refractivity contribution in [2.75, 3.05) is 12.0 Å². The maximum Gasteiger partial charge on any atom is 0.235 e. The van der Waals surface area contributed by atoms with Crippen LogP contribution in [0.3, 0.4) is 0 Å². The largest absolute Gasteiger partial charge is 0.290 e. The smallest absolute Gasteiger partial charge is 0.235 e. The van der Waals surface area contributed by atoms with Gasteiger partial charge in [-0.3, -0.25) is 9.78 Å². The fourth-order valence-electron chi connectivity index (χ4n) is 1.23. The van der Waals surface area contributed by atoms with E-state index in [4.69, 9.17) is 0 Å². The predicted molar refractivity (Wildman–Crippen MR) is 63.5 cm³/mol. The summed E-state index contributed by atoms with van der Waals surface area (Å²) in [6.45, 7) is 0. The quantitative estimate of drug-likeness (QED) is 0.428. The van der Waals surface area contributed by atoms with E-state index in [-0.39, 0.29) is 5.78 Å². The summed E-state index contributed by atoms with van der Waals surface area (Å²) in [6.07, 6.45) is 5.46. The third-order valence-electron chi connectivity index (χ3n) is 2.02. The fourth-order valence-corrected chi connectivity index (χ4v) is 1.69. The van der Waals surface area contributed by atoms with Gasteiger partial charge in [-0.05, 0) is 30.6 Å². The van der Waals surface area contributed by atoms with Gasteiger partial charge in [0.15, 0.2) is 0 Å². The topological polar surface area (TPSA) is 59.4 Å². The van der Waals surface area contributed by atoms with Crippen LogP contribution in [0.4, 0.5) is 0 Å². The normalized spacial score (nSPS) is 11.6. The van der Waals surface area contributed by atoms with Crippen molar-refractivity contribution in [1.29, 1.82) is 0 Å². The molecule has 1 unspecified atom stereocenters. The second-order valence-electron chi connectivity index (χ2n) is 3.10. The minimum Gasteiger partial charge on any atom is -0.290 e. The molecule has 84 valence electrons. The number of carbonyl (C=O) groups is 1. The zero-order valence-corrected chi connectivity index (χ0v) is 9.74. The molecule has 4 nitrogen and oxygen atoms in total. The van der Waals surface area contributed by atoms with Gasteiger partial charge in [-0.1, -0.05) is 6.07 Å². The van der Waals surface area contributed by atoms with E-state index in [1.54, 1.807) is 36.2 Å². The van der Waals surface area contributed by atoms with Crippen LogP contribution in [0.25, 0.3) is 0 Å². The van der Waals surface area contributed by atoms with E-state index in [1.807, 2.05) is 6.26 Å². The summed E-state index contributed by atoms with van der Waals surface area (Å²) in [5, 5.41) is 0. The number of aromatic nitrogens is 1. The van der Waals surface area contributed by atoms with Gasteiger partial charge in [0.05, 0.1) is 0 Å². The maximum absolute atomic E-state index is 11.9. The van der Waals surface area contributed by atoms with Crippen LogP contribution in [0.1, 0.15) is 16.9 Å². The van der Waals surface area contributed by atoms with Crippen molar-refractivity contribution < 1.29 is 9.59 Å². The SMILES string of the molecule is CSCCC(N=C=O)C(=O)c1ccccn1. The average Bonchev–Trinajstić information content (AvgIpc) is 2.35. The monoisotopic (exact) mass is 236 g/mol. The van der Waals surface area contributed by atoms with E-state index in [9.17, 15) is 9.59 Å². The van der Waals surface area contributed by atoms with Gasteiger partial charge in [-0.15, -0.1) is 0 Å². The van der Waals surface area contributed by atoms with Crippen LogP contribution in [0.5, 0.6) is 0 Å². The van der Waals surface area contributed by atoms with Crippen LogP contribution in [0.15, 0.2) is 29.4 Å². The number of Topliss-reactive ketones (excluding diaryl/α,β-unsaturated/α-hetero) is 1. The highest BCUT2D eigenvalue weighted by atomic mass is 32.2. The van der Waals surface area contributed by atoms with Gasteiger partial charge < -0.3 is 0 Å². The Morgan fingerprint density at radius 3 is 3.00 bits per heavy atom. The molecule has 1 aromatic rings. The lowest BCUT2D eigenvalue weighted by Gasteiger charge is -2.07. The van der Waals surface area contributed by atoms with Crippen LogP contribution in [0, 0.1) is 0 Å². The van der Waals surface area contributed by atoms with E-state index in [0.29, 0.717) is 12.1 Å². The molecule has 0 spiro atoms. The number of nitrogens with zero attached hydrogens (tertiary/aromatic N) is 2. The zero-order valence-electron chi connectivity index (χ0n) is 8.92. The van der Waals surface area contributed by atoms with Gasteiger partial charge in [0.25, 0.3) is 0 Å². The van der Waals surface area contributed by atoms with Crippen molar-refractivity contribution in [3.8, 4) is 0 Å². The molecule has 0 radical (unpaired) electrons. The predicted octanol–water partition coefficient (Wildman–Crippen LogP) is 1.72. The Labute approximate surface area is 98.2 Å². The molecule has 0 aliphatic heterocycles. The summed E-state index contributed by atoms with van der Waals surface area (Å²) >= 11 is 1.61. The van der Waals surface area contributed by atoms with Crippen LogP contribution in [0.2, 0.25) is 0 Å². The molecule has 0 fully saturated rings. The third-order valence-corrected chi connectivity index (χ3v) is 2.67. The van der Waals surface area contributed by atoms with Gasteiger partial charge in [-0.25, -0.2) is 4.79 Å². The maximum atomic E-state index is 11.9. The van der Waals surface area contributed by atoms with Crippen LogP contribution in [-0.2, 0) is 4.79 Å². The van der Waals surface area contributed by atoms with Crippen molar-refractivity contribution in [3.63, 3.8) is 0 Å². The molecule has 0 N–H and O–H groups in total. The molecule has 1 atom stereocenters. The van der Waals surface area contributed by atoms with Gasteiger partial charge in [0.2, 0.25) is 11.9 Å². The summed E-state index contributed by atoms with van der Waals surface area (Å²) in [7, 11) is 0. The lowest BCUT2D eigenvalue weighted by molar-refractivity contribution is 0.0956. The van der Waals surface area contributed by atoms with Crippen molar-refractivity contribution in [1.82, 2.24) is 4.98 Å². The number of carbonyl (C=O) groups excluding carboxylic acids is 2. The Hall–Kier alpha value is -1.45. The van der Waals surface area contributed by atoms with Crippen LogP contribution < -0.4 is 0 Å². The number of isocyanates is 1. The van der Waals surface area contributed by atoms with Crippen molar-refractivity contribution in [2.45, 2.75) is 12.5 Å². The van der Waals surface area contributed by atoms with Crippen molar-refractivity contribution >= 4 is 23.6 Å². The highest BCUT2D eigenvalue weighted by molar-refractivity contribution is 7.98. The highest BCUT2D eigenvalue weighted by Gasteiger charge is 2.19. The number of aliphatic imine (C=N–C) groups is 1. The highest BCUT2D eigenvalue weighted by Crippen LogP contribution is 2.09. The number of hydrogen-bond donors (Lipinski definition) is 0. The Kier molecular flexibility index (Phi) is 5.46. The number of hydrogen-bond acceptors (Lipinski definition) is 5. The van der Waals surface area contributed by atoms with Gasteiger partial charge in [0.1, 0.15) is 11.7 Å². The molecule has 16 heavy (non-hydrogen) atoms. The van der Waals surface area contributed by atoms with Gasteiger partial charge >= 0.3 is 0 Å². The molecule has 0 aromatic carbocycles. The lowest BCUT2D eigenvalue weighted by Crippen LogP contribution is -2.20. The minimum absolute atomic E-state index is 0.224. The molecule has 1 heterocycles. The fraction of sp³-hybridized carbons (Fsp3) is 0.364. The number of pyridine rings is 1. The van der Waals surface area contributed by atoms with Gasteiger partial charge in [0, 0.05) is 6.20 Å². The Morgan fingerprint density at radius 2 is 2.44 bits per heavy atom. The van der Waals surface area contributed by atoms with Crippen molar-refractivity contribution in [2.24, 2.45) is 4.99 Å². The molecule has 0 bridgehead atoms. The molecule has 0 aliphatic rings. The van der Waals surface area contributed by atoms with E-state index >= 15 is 0 Å². The van der Waals surface area contributed by atoms with Crippen LogP contribution in [-0.4, -0.2) is 34.9 Å². The zero-order chi connectivity index (χ0) is 11.8. The molecule has 5 heteroatoms. The standard InChI is InChI=1S/C11H12N2O2S/c1-16-7-5-10(13-8-14)11(15)9-4-2-3-6-12-9/h2-4,6,10H,5,7H2,1H3. The Bertz CT molecular complexity index is 388. The lowest BCUT2D eigenvalue weighted by atomic mass is 10.1. The van der Waals surface area contributed by atoms with Crippen molar-refractivity contribution in [3.05, 3.63) is 30.1 Å². The Balaban J connectivity index is 2.79. The van der Waals surface area contributed by atoms with E-state index < -0.39 is 6.04 Å². The minimum atomic E-state index is -0.653. The molecule has 1 aromatic heterocycles. The first kappa shape index (κ1) is 12.6. The average molecular weight is 236 g/mol. The summed E-state index contributed by atoms with van der Waals surface area (Å²) in [4.78, 5) is 29.6. The molecular formula is C11H12N2O2S. The molecule has 0 aliphatic carbocycles. The first-order valence-electron chi connectivity index (χ1n) is 4.80. The van der Waals surface area contributed by atoms with E-state index in [0.717, 1.165) is 5.75 Å². The first-order valence-corrected chi connectivity index (χ1v) is 6.20.